The van der Waals surface area contributed by atoms with Gasteiger partial charge in [-0.2, -0.15) is 5.10 Å². The number of aromatic nitrogens is 3. The quantitative estimate of drug-likeness (QED) is 0.893. The number of H-pyrrole nitrogens is 1. The predicted octanol–water partition coefficient (Wildman–Crippen LogP) is 2.18. The zero-order chi connectivity index (χ0) is 14.7. The number of nitrogens with zero attached hydrogens (tertiary/aromatic N) is 3. The van der Waals surface area contributed by atoms with Gasteiger partial charge in [0.2, 0.25) is 0 Å². The molecule has 0 aromatic carbocycles. The lowest BCUT2D eigenvalue weighted by molar-refractivity contribution is 0.0984. The fourth-order valence-corrected chi connectivity index (χ4v) is 2.06. The van der Waals surface area contributed by atoms with Crippen LogP contribution in [0, 0.1) is 0 Å². The molecule has 0 fully saturated rings. The lowest BCUT2D eigenvalue weighted by Crippen LogP contribution is -2.31. The molecule has 0 unspecified atom stereocenters. The van der Waals surface area contributed by atoms with Crippen LogP contribution >= 0.6 is 0 Å². The summed E-state index contributed by atoms with van der Waals surface area (Å²) in [6, 6.07) is 3.57. The van der Waals surface area contributed by atoms with E-state index in [-0.39, 0.29) is 17.5 Å². The van der Waals surface area contributed by atoms with Crippen molar-refractivity contribution in [3.05, 3.63) is 35.9 Å². The summed E-state index contributed by atoms with van der Waals surface area (Å²) >= 11 is 0. The van der Waals surface area contributed by atoms with Crippen molar-refractivity contribution in [2.24, 2.45) is 0 Å². The topological polar surface area (TPSA) is 87.9 Å². The summed E-state index contributed by atoms with van der Waals surface area (Å²) in [5.74, 6) is -0.0144. The molecule has 0 radical (unpaired) electrons. The Kier molecular flexibility index (Phi) is 4.02. The molecule has 0 spiro atoms. The van der Waals surface area contributed by atoms with E-state index in [2.05, 4.69) is 15.2 Å². The minimum absolute atomic E-state index is 0.194. The highest BCUT2D eigenvalue weighted by atomic mass is 16.2. The molecular formula is C14H19N5O. The molecule has 0 aliphatic rings. The summed E-state index contributed by atoms with van der Waals surface area (Å²) in [6.45, 7) is 6.44. The second-order valence-corrected chi connectivity index (χ2v) is 4.81. The lowest BCUT2D eigenvalue weighted by atomic mass is 10.1. The maximum atomic E-state index is 12.6. The van der Waals surface area contributed by atoms with Gasteiger partial charge in [-0.25, -0.2) is 0 Å². The first kappa shape index (κ1) is 14.0. The van der Waals surface area contributed by atoms with Gasteiger partial charge in [-0.15, -0.1) is 0 Å². The van der Waals surface area contributed by atoms with Gasteiger partial charge in [0.05, 0.1) is 11.4 Å². The number of carbonyl (C=O) groups is 1. The minimum Gasteiger partial charge on any atom is -0.395 e. The van der Waals surface area contributed by atoms with E-state index in [9.17, 15) is 4.79 Å². The molecule has 2 aromatic rings. The first-order valence-corrected chi connectivity index (χ1v) is 6.61. The van der Waals surface area contributed by atoms with Gasteiger partial charge in [0.1, 0.15) is 0 Å². The number of amides is 1. The van der Waals surface area contributed by atoms with Crippen LogP contribution in [-0.2, 0) is 0 Å². The first-order chi connectivity index (χ1) is 9.56. The SMILES string of the molecule is CCN(C(=O)c1n[nH]c(C(C)C)c1N)c1ccncc1. The zero-order valence-electron chi connectivity index (χ0n) is 11.9. The van der Waals surface area contributed by atoms with E-state index in [1.165, 1.54) is 0 Å². The number of hydrogen-bond donors (Lipinski definition) is 2. The third kappa shape index (κ3) is 2.49. The van der Waals surface area contributed by atoms with Crippen molar-refractivity contribution in [1.29, 1.82) is 0 Å². The number of hydrogen-bond acceptors (Lipinski definition) is 4. The van der Waals surface area contributed by atoms with Crippen molar-refractivity contribution in [2.45, 2.75) is 26.7 Å². The number of nitrogen functional groups attached to an aromatic ring is 1. The number of aromatic amines is 1. The van der Waals surface area contributed by atoms with Crippen LogP contribution in [0.2, 0.25) is 0 Å². The van der Waals surface area contributed by atoms with Crippen molar-refractivity contribution in [2.75, 3.05) is 17.2 Å². The Labute approximate surface area is 118 Å². The maximum absolute atomic E-state index is 12.6. The number of rotatable bonds is 4. The fraction of sp³-hybridized carbons (Fsp3) is 0.357. The molecule has 6 heteroatoms. The Balaban J connectivity index is 2.35. The van der Waals surface area contributed by atoms with Crippen molar-refractivity contribution >= 4 is 17.3 Å². The summed E-state index contributed by atoms with van der Waals surface area (Å²) in [5, 5.41) is 6.92. The molecule has 0 atom stereocenters. The van der Waals surface area contributed by atoms with E-state index in [0.29, 0.717) is 12.2 Å². The molecule has 3 N–H and O–H groups in total. The van der Waals surface area contributed by atoms with Crippen LogP contribution < -0.4 is 10.6 Å². The Hall–Kier alpha value is -2.37. The largest absolute Gasteiger partial charge is 0.395 e. The number of nitrogens with two attached hydrogens (primary N) is 1. The normalized spacial score (nSPS) is 10.8. The number of carbonyl (C=O) groups excluding carboxylic acids is 1. The molecule has 0 saturated heterocycles. The maximum Gasteiger partial charge on any atom is 0.280 e. The highest BCUT2D eigenvalue weighted by Crippen LogP contribution is 2.24. The fourth-order valence-electron chi connectivity index (χ4n) is 2.06. The first-order valence-electron chi connectivity index (χ1n) is 6.61. The standard InChI is InChI=1S/C14H19N5O/c1-4-19(10-5-7-16-8-6-10)14(20)13-11(15)12(9(2)3)17-18-13/h5-9H,4,15H2,1-3H3,(H,17,18). The molecule has 106 valence electrons. The summed E-state index contributed by atoms with van der Waals surface area (Å²) in [7, 11) is 0. The molecule has 2 rings (SSSR count). The summed E-state index contributed by atoms with van der Waals surface area (Å²) < 4.78 is 0. The summed E-state index contributed by atoms with van der Waals surface area (Å²) in [6.07, 6.45) is 3.30. The summed E-state index contributed by atoms with van der Waals surface area (Å²) in [4.78, 5) is 18.2. The van der Waals surface area contributed by atoms with Crippen LogP contribution in [0.5, 0.6) is 0 Å². The smallest absolute Gasteiger partial charge is 0.280 e. The van der Waals surface area contributed by atoms with E-state index >= 15 is 0 Å². The Morgan fingerprint density at radius 2 is 2.05 bits per heavy atom. The molecule has 1 amide bonds. The molecule has 0 saturated carbocycles. The van der Waals surface area contributed by atoms with Crippen molar-refractivity contribution in [3.8, 4) is 0 Å². The summed E-state index contributed by atoms with van der Waals surface area (Å²) in [5.41, 5.74) is 8.29. The number of anilines is 2. The average Bonchev–Trinajstić information content (AvgIpc) is 2.82. The third-order valence-electron chi connectivity index (χ3n) is 3.15. The molecule has 2 aromatic heterocycles. The molecule has 20 heavy (non-hydrogen) atoms. The highest BCUT2D eigenvalue weighted by Gasteiger charge is 2.23. The van der Waals surface area contributed by atoms with Gasteiger partial charge in [0.15, 0.2) is 5.69 Å². The van der Waals surface area contributed by atoms with E-state index in [0.717, 1.165) is 11.4 Å². The van der Waals surface area contributed by atoms with E-state index in [1.54, 1.807) is 29.4 Å². The Morgan fingerprint density at radius 1 is 1.40 bits per heavy atom. The Morgan fingerprint density at radius 3 is 2.55 bits per heavy atom. The predicted molar refractivity (Wildman–Crippen MR) is 78.7 cm³/mol. The third-order valence-corrected chi connectivity index (χ3v) is 3.15. The lowest BCUT2D eigenvalue weighted by Gasteiger charge is -2.19. The molecule has 2 heterocycles. The molecule has 0 bridgehead atoms. The molecule has 0 aliphatic carbocycles. The van der Waals surface area contributed by atoms with Gasteiger partial charge in [-0.1, -0.05) is 13.8 Å². The number of nitrogens with one attached hydrogen (secondary N) is 1. The van der Waals surface area contributed by atoms with E-state index in [1.807, 2.05) is 20.8 Å². The van der Waals surface area contributed by atoms with Crippen molar-refractivity contribution in [1.82, 2.24) is 15.2 Å². The van der Waals surface area contributed by atoms with Crippen LogP contribution in [-0.4, -0.2) is 27.6 Å². The van der Waals surface area contributed by atoms with Crippen molar-refractivity contribution < 1.29 is 4.79 Å². The molecule has 0 aliphatic heterocycles. The zero-order valence-corrected chi connectivity index (χ0v) is 11.9. The van der Waals surface area contributed by atoms with E-state index < -0.39 is 0 Å². The minimum atomic E-state index is -0.209. The van der Waals surface area contributed by atoms with Crippen LogP contribution in [0.15, 0.2) is 24.5 Å². The van der Waals surface area contributed by atoms with E-state index in [4.69, 9.17) is 5.73 Å². The van der Waals surface area contributed by atoms with Gasteiger partial charge >= 0.3 is 0 Å². The van der Waals surface area contributed by atoms with Gasteiger partial charge in [-0.05, 0) is 25.0 Å². The highest BCUT2D eigenvalue weighted by molar-refractivity contribution is 6.08. The Bertz CT molecular complexity index is 591. The molecule has 6 nitrogen and oxygen atoms in total. The van der Waals surface area contributed by atoms with Crippen LogP contribution in [0.1, 0.15) is 42.9 Å². The van der Waals surface area contributed by atoms with Crippen LogP contribution in [0.4, 0.5) is 11.4 Å². The second kappa shape index (κ2) is 5.73. The molecular weight excluding hydrogens is 254 g/mol. The van der Waals surface area contributed by atoms with Gasteiger partial charge in [0, 0.05) is 24.6 Å². The van der Waals surface area contributed by atoms with Gasteiger partial charge in [0.25, 0.3) is 5.91 Å². The second-order valence-electron chi connectivity index (χ2n) is 4.81. The number of pyridine rings is 1. The average molecular weight is 273 g/mol. The van der Waals surface area contributed by atoms with Crippen molar-refractivity contribution in [3.63, 3.8) is 0 Å². The monoisotopic (exact) mass is 273 g/mol. The van der Waals surface area contributed by atoms with Crippen LogP contribution in [0.3, 0.4) is 0 Å². The van der Waals surface area contributed by atoms with Gasteiger partial charge in [-0.3, -0.25) is 14.9 Å². The van der Waals surface area contributed by atoms with Gasteiger partial charge < -0.3 is 10.6 Å². The van der Waals surface area contributed by atoms with Crippen LogP contribution in [0.25, 0.3) is 0 Å².